The molecule has 0 saturated heterocycles. The van der Waals surface area contributed by atoms with Gasteiger partial charge in [0, 0.05) is 0 Å². The van der Waals surface area contributed by atoms with Gasteiger partial charge in [0.1, 0.15) is 0 Å². The fraction of sp³-hybridized carbons (Fsp3) is 1.00. The SMILES string of the molecule is C[SiH](O)CC(O)CO. The predicted octanol–water partition coefficient (Wildman–Crippen LogP) is -1.31. The highest BCUT2D eigenvalue weighted by Gasteiger charge is 2.06. The molecule has 3 nitrogen and oxygen atoms in total. The van der Waals surface area contributed by atoms with E-state index < -0.39 is 15.1 Å². The van der Waals surface area contributed by atoms with Gasteiger partial charge in [-0.15, -0.1) is 0 Å². The van der Waals surface area contributed by atoms with Gasteiger partial charge < -0.3 is 15.0 Å². The highest BCUT2D eigenvalue weighted by Crippen LogP contribution is 1.93. The van der Waals surface area contributed by atoms with Crippen LogP contribution in [0.4, 0.5) is 0 Å². The van der Waals surface area contributed by atoms with E-state index in [4.69, 9.17) is 15.0 Å². The number of rotatable bonds is 3. The van der Waals surface area contributed by atoms with E-state index in [-0.39, 0.29) is 6.61 Å². The Kier molecular flexibility index (Phi) is 4.07. The fourth-order valence-electron chi connectivity index (χ4n) is 0.468. The minimum Gasteiger partial charge on any atom is -0.435 e. The first kappa shape index (κ1) is 8.10. The minimum absolute atomic E-state index is 0.238. The van der Waals surface area contributed by atoms with Crippen LogP contribution in [0.5, 0.6) is 0 Å². The Balaban J connectivity index is 3.10. The molecule has 0 aliphatic carbocycles. The average molecular weight is 136 g/mol. The first-order valence-corrected chi connectivity index (χ1v) is 5.12. The molecule has 0 rings (SSSR count). The van der Waals surface area contributed by atoms with Gasteiger partial charge in [-0.1, -0.05) is 0 Å². The molecule has 0 aromatic rings. The second-order valence-electron chi connectivity index (χ2n) is 1.92. The van der Waals surface area contributed by atoms with Crippen LogP contribution < -0.4 is 0 Å². The second kappa shape index (κ2) is 4.02. The van der Waals surface area contributed by atoms with Gasteiger partial charge in [0.05, 0.1) is 12.7 Å². The van der Waals surface area contributed by atoms with Crippen molar-refractivity contribution in [3.63, 3.8) is 0 Å². The number of aliphatic hydroxyl groups is 2. The van der Waals surface area contributed by atoms with E-state index in [1.807, 2.05) is 0 Å². The quantitative estimate of drug-likeness (QED) is 0.422. The van der Waals surface area contributed by atoms with Crippen molar-refractivity contribution in [2.45, 2.75) is 18.7 Å². The molecule has 0 heterocycles. The third-order valence-electron chi connectivity index (χ3n) is 0.824. The maximum absolute atomic E-state index is 8.72. The molecule has 0 fully saturated rings. The summed E-state index contributed by atoms with van der Waals surface area (Å²) in [7, 11) is -1.66. The molecular weight excluding hydrogens is 124 g/mol. The highest BCUT2D eigenvalue weighted by molar-refractivity contribution is 6.48. The molecule has 0 bridgehead atoms. The third kappa shape index (κ3) is 4.26. The van der Waals surface area contributed by atoms with Crippen molar-refractivity contribution in [3.05, 3.63) is 0 Å². The van der Waals surface area contributed by atoms with E-state index in [0.29, 0.717) is 6.04 Å². The van der Waals surface area contributed by atoms with Crippen LogP contribution in [0.25, 0.3) is 0 Å². The normalized spacial score (nSPS) is 18.0. The Bertz CT molecular complexity index is 57.2. The zero-order valence-corrected chi connectivity index (χ0v) is 6.07. The van der Waals surface area contributed by atoms with Gasteiger partial charge in [0.25, 0.3) is 0 Å². The summed E-state index contributed by atoms with van der Waals surface area (Å²) in [6, 6.07) is 0.385. The predicted molar refractivity (Wildman–Crippen MR) is 33.1 cm³/mol. The fourth-order valence-corrected chi connectivity index (χ4v) is 1.40. The Morgan fingerprint density at radius 3 is 2.25 bits per heavy atom. The number of hydrogen-bond donors (Lipinski definition) is 3. The van der Waals surface area contributed by atoms with Crippen LogP contribution in [0.1, 0.15) is 0 Å². The van der Waals surface area contributed by atoms with Crippen molar-refractivity contribution in [2.24, 2.45) is 0 Å². The van der Waals surface area contributed by atoms with E-state index in [2.05, 4.69) is 0 Å². The summed E-state index contributed by atoms with van der Waals surface area (Å²) in [5, 5.41) is 16.9. The molecule has 2 unspecified atom stereocenters. The van der Waals surface area contributed by atoms with Gasteiger partial charge >= 0.3 is 0 Å². The molecule has 0 radical (unpaired) electrons. The van der Waals surface area contributed by atoms with Crippen LogP contribution in [0.2, 0.25) is 12.6 Å². The monoisotopic (exact) mass is 136 g/mol. The molecule has 0 saturated carbocycles. The molecule has 50 valence electrons. The first-order valence-electron chi connectivity index (χ1n) is 2.63. The summed E-state index contributed by atoms with van der Waals surface area (Å²) < 4.78 is 0. The lowest BCUT2D eigenvalue weighted by molar-refractivity contribution is 0.107. The Morgan fingerprint density at radius 2 is 2.12 bits per heavy atom. The highest BCUT2D eigenvalue weighted by atomic mass is 28.3. The van der Waals surface area contributed by atoms with E-state index >= 15 is 0 Å². The van der Waals surface area contributed by atoms with Gasteiger partial charge in [-0.3, -0.25) is 0 Å². The molecule has 0 aromatic heterocycles. The maximum atomic E-state index is 8.72. The average Bonchev–Trinajstić information content (AvgIpc) is 1.65. The van der Waals surface area contributed by atoms with Gasteiger partial charge in [-0.25, -0.2) is 0 Å². The van der Waals surface area contributed by atoms with Crippen molar-refractivity contribution in [1.29, 1.82) is 0 Å². The molecule has 3 N–H and O–H groups in total. The summed E-state index contributed by atoms with van der Waals surface area (Å²) in [5.74, 6) is 0. The van der Waals surface area contributed by atoms with E-state index in [0.717, 1.165) is 0 Å². The van der Waals surface area contributed by atoms with Crippen LogP contribution >= 0.6 is 0 Å². The second-order valence-corrected chi connectivity index (χ2v) is 4.09. The van der Waals surface area contributed by atoms with Gasteiger partial charge in [0.15, 0.2) is 9.04 Å². The van der Waals surface area contributed by atoms with Gasteiger partial charge in [-0.2, -0.15) is 0 Å². The lowest BCUT2D eigenvalue weighted by Crippen LogP contribution is -2.20. The summed E-state index contributed by atoms with van der Waals surface area (Å²) in [4.78, 5) is 8.72. The molecule has 0 aliphatic rings. The van der Waals surface area contributed by atoms with E-state index in [1.54, 1.807) is 6.55 Å². The van der Waals surface area contributed by atoms with Crippen LogP contribution in [0, 0.1) is 0 Å². The number of aliphatic hydroxyl groups excluding tert-OH is 2. The zero-order valence-electron chi connectivity index (χ0n) is 4.91. The molecule has 0 spiro atoms. The lowest BCUT2D eigenvalue weighted by Gasteiger charge is -2.05. The first-order chi connectivity index (χ1) is 3.66. The lowest BCUT2D eigenvalue weighted by atomic mass is 10.4. The van der Waals surface area contributed by atoms with Crippen molar-refractivity contribution < 1.29 is 15.0 Å². The maximum Gasteiger partial charge on any atom is 0.172 e. The Hall–Kier alpha value is 0.0969. The van der Waals surface area contributed by atoms with E-state index in [9.17, 15) is 0 Å². The van der Waals surface area contributed by atoms with Crippen LogP contribution in [0.3, 0.4) is 0 Å². The number of hydrogen-bond acceptors (Lipinski definition) is 3. The molecule has 0 aliphatic heterocycles. The molecule has 0 aromatic carbocycles. The third-order valence-corrected chi connectivity index (χ3v) is 2.05. The van der Waals surface area contributed by atoms with Crippen molar-refractivity contribution in [1.82, 2.24) is 0 Å². The summed E-state index contributed by atoms with van der Waals surface area (Å²) in [6.07, 6.45) is -0.707. The van der Waals surface area contributed by atoms with Crippen molar-refractivity contribution in [3.8, 4) is 0 Å². The van der Waals surface area contributed by atoms with Crippen LogP contribution in [-0.4, -0.2) is 36.8 Å². The van der Waals surface area contributed by atoms with Gasteiger partial charge in [-0.05, 0) is 12.6 Å². The van der Waals surface area contributed by atoms with Gasteiger partial charge in [0.2, 0.25) is 0 Å². The Morgan fingerprint density at radius 1 is 1.62 bits per heavy atom. The molecular formula is C4H12O3Si. The molecule has 0 amide bonds. The van der Waals surface area contributed by atoms with Crippen molar-refractivity contribution in [2.75, 3.05) is 6.61 Å². The minimum atomic E-state index is -1.66. The largest absolute Gasteiger partial charge is 0.435 e. The summed E-state index contributed by atoms with van der Waals surface area (Å²) >= 11 is 0. The Labute approximate surface area is 50.3 Å². The standard InChI is InChI=1S/C4H12O3Si/c1-8(7)3-4(6)2-5/h4-8H,2-3H2,1H3. The molecule has 4 heteroatoms. The van der Waals surface area contributed by atoms with Crippen molar-refractivity contribution >= 4 is 9.04 Å². The van der Waals surface area contributed by atoms with Crippen LogP contribution in [0.15, 0.2) is 0 Å². The summed E-state index contributed by atoms with van der Waals surface area (Å²) in [5.41, 5.74) is 0. The molecule has 8 heavy (non-hydrogen) atoms. The zero-order chi connectivity index (χ0) is 6.57. The molecule has 2 atom stereocenters. The smallest absolute Gasteiger partial charge is 0.172 e. The topological polar surface area (TPSA) is 60.7 Å². The van der Waals surface area contributed by atoms with Crippen LogP contribution in [-0.2, 0) is 0 Å². The van der Waals surface area contributed by atoms with E-state index in [1.165, 1.54) is 0 Å². The summed E-state index contributed by atoms with van der Waals surface area (Å²) in [6.45, 7) is 1.47.